The maximum atomic E-state index is 13.2. The number of nitrogens with two attached hydrogens (primary N) is 1. The summed E-state index contributed by atoms with van der Waals surface area (Å²) in [5, 5.41) is 7.42. The minimum absolute atomic E-state index is 0.132. The molecule has 0 amide bonds. The molecule has 5 nitrogen and oxygen atoms in total. The fourth-order valence-corrected chi connectivity index (χ4v) is 2.59. The van der Waals surface area contributed by atoms with E-state index in [-0.39, 0.29) is 11.8 Å². The normalized spacial score (nSPS) is 16.8. The zero-order valence-corrected chi connectivity index (χ0v) is 13.8. The Morgan fingerprint density at radius 3 is 2.52 bits per heavy atom. The van der Waals surface area contributed by atoms with Gasteiger partial charge in [-0.15, -0.1) is 0 Å². The molecule has 0 radical (unpaired) electrons. The smallest absolute Gasteiger partial charge is 0.300 e. The van der Waals surface area contributed by atoms with E-state index in [1.54, 1.807) is 0 Å². The molecule has 0 fully saturated rings. The number of rotatable bonds is 2. The van der Waals surface area contributed by atoms with Crippen molar-refractivity contribution in [3.8, 4) is 0 Å². The van der Waals surface area contributed by atoms with Crippen LogP contribution in [0.1, 0.15) is 36.6 Å². The number of carbonyl (C=O) groups excluding carboxylic acids is 1. The Morgan fingerprint density at radius 1 is 1.28 bits per heavy atom. The monoisotopic (exact) mass is 343 g/mol. The first-order chi connectivity index (χ1) is 11.8. The highest BCUT2D eigenvalue weighted by atomic mass is 19.1. The minimum atomic E-state index is -0.833. The SMILES string of the molecule is CC(=O)O.CC1O/C(=C(/C=O)c2ccc(F)cc2N)c2ccccc21. The summed E-state index contributed by atoms with van der Waals surface area (Å²) in [6, 6.07) is 11.6. The molecule has 6 heteroatoms. The number of carboxylic acid groups (broad SMARTS) is 1. The number of fused-ring (bicyclic) bond motifs is 1. The lowest BCUT2D eigenvalue weighted by atomic mass is 9.98. The maximum absolute atomic E-state index is 13.2. The van der Waals surface area contributed by atoms with E-state index in [9.17, 15) is 9.18 Å². The van der Waals surface area contributed by atoms with E-state index in [4.69, 9.17) is 20.4 Å². The van der Waals surface area contributed by atoms with Crippen LogP contribution < -0.4 is 5.73 Å². The lowest BCUT2D eigenvalue weighted by molar-refractivity contribution is -0.134. The number of aliphatic carboxylic acids is 1. The number of carboxylic acids is 1. The highest BCUT2D eigenvalue weighted by Gasteiger charge is 2.27. The lowest BCUT2D eigenvalue weighted by Gasteiger charge is -2.10. The van der Waals surface area contributed by atoms with Gasteiger partial charge in [0.05, 0.1) is 5.57 Å². The van der Waals surface area contributed by atoms with Crippen molar-refractivity contribution >= 4 is 29.3 Å². The van der Waals surface area contributed by atoms with Gasteiger partial charge in [0.1, 0.15) is 17.7 Å². The van der Waals surface area contributed by atoms with Gasteiger partial charge in [0.25, 0.3) is 5.97 Å². The lowest BCUT2D eigenvalue weighted by Crippen LogP contribution is -1.99. The van der Waals surface area contributed by atoms with Crippen LogP contribution in [-0.4, -0.2) is 17.4 Å². The van der Waals surface area contributed by atoms with Crippen LogP contribution in [0.2, 0.25) is 0 Å². The van der Waals surface area contributed by atoms with Crippen LogP contribution in [0.15, 0.2) is 42.5 Å². The summed E-state index contributed by atoms with van der Waals surface area (Å²) in [5.41, 5.74) is 8.75. The molecule has 0 aromatic heterocycles. The average molecular weight is 343 g/mol. The second-order valence-corrected chi connectivity index (χ2v) is 5.46. The van der Waals surface area contributed by atoms with Crippen molar-refractivity contribution < 1.29 is 23.8 Å². The summed E-state index contributed by atoms with van der Waals surface area (Å²) in [5.74, 6) is -0.779. The molecule has 0 aliphatic carbocycles. The van der Waals surface area contributed by atoms with E-state index < -0.39 is 11.8 Å². The minimum Gasteiger partial charge on any atom is -0.485 e. The average Bonchev–Trinajstić information content (AvgIpc) is 2.87. The van der Waals surface area contributed by atoms with Crippen LogP contribution in [0, 0.1) is 5.82 Å². The molecule has 0 saturated carbocycles. The Balaban J connectivity index is 0.000000511. The molecule has 2 aromatic carbocycles. The van der Waals surface area contributed by atoms with Crippen molar-refractivity contribution in [2.75, 3.05) is 5.73 Å². The fraction of sp³-hybridized carbons (Fsp3) is 0.158. The van der Waals surface area contributed by atoms with Crippen molar-refractivity contribution in [1.29, 1.82) is 0 Å². The third kappa shape index (κ3) is 4.03. The summed E-state index contributed by atoms with van der Waals surface area (Å²) in [4.78, 5) is 20.6. The van der Waals surface area contributed by atoms with Gasteiger partial charge in [0, 0.05) is 29.3 Å². The largest absolute Gasteiger partial charge is 0.485 e. The Labute approximate surface area is 144 Å². The molecule has 3 rings (SSSR count). The van der Waals surface area contributed by atoms with E-state index >= 15 is 0 Å². The van der Waals surface area contributed by atoms with Crippen LogP contribution >= 0.6 is 0 Å². The molecular formula is C19H18FNO4. The molecule has 2 aromatic rings. The number of allylic oxidation sites excluding steroid dienone is 1. The molecule has 1 heterocycles. The van der Waals surface area contributed by atoms with Gasteiger partial charge in [0.15, 0.2) is 6.29 Å². The maximum Gasteiger partial charge on any atom is 0.300 e. The van der Waals surface area contributed by atoms with Gasteiger partial charge in [-0.05, 0) is 25.1 Å². The molecule has 0 bridgehead atoms. The number of carbonyl (C=O) groups is 2. The predicted molar refractivity (Wildman–Crippen MR) is 92.9 cm³/mol. The van der Waals surface area contributed by atoms with E-state index in [2.05, 4.69) is 0 Å². The van der Waals surface area contributed by atoms with E-state index in [0.29, 0.717) is 23.2 Å². The third-order valence-corrected chi connectivity index (χ3v) is 3.60. The molecule has 0 saturated heterocycles. The third-order valence-electron chi connectivity index (χ3n) is 3.60. The summed E-state index contributed by atoms with van der Waals surface area (Å²) in [6.45, 7) is 3.00. The van der Waals surface area contributed by atoms with Crippen LogP contribution in [0.5, 0.6) is 0 Å². The Bertz CT molecular complexity index is 841. The number of aldehydes is 1. The molecule has 1 atom stereocenters. The summed E-state index contributed by atoms with van der Waals surface area (Å²) < 4.78 is 19.0. The highest BCUT2D eigenvalue weighted by Crippen LogP contribution is 2.42. The van der Waals surface area contributed by atoms with Crippen LogP contribution in [0.4, 0.5) is 10.1 Å². The molecule has 1 unspecified atom stereocenters. The molecule has 130 valence electrons. The van der Waals surface area contributed by atoms with E-state index in [0.717, 1.165) is 18.1 Å². The van der Waals surface area contributed by atoms with Crippen molar-refractivity contribution in [2.24, 2.45) is 0 Å². The number of nitrogen functional groups attached to an aromatic ring is 1. The number of halogens is 1. The molecule has 25 heavy (non-hydrogen) atoms. The molecule has 1 aliphatic heterocycles. The van der Waals surface area contributed by atoms with Crippen LogP contribution in [0.3, 0.4) is 0 Å². The summed E-state index contributed by atoms with van der Waals surface area (Å²) in [7, 11) is 0. The van der Waals surface area contributed by atoms with Gasteiger partial charge >= 0.3 is 0 Å². The van der Waals surface area contributed by atoms with Crippen LogP contribution in [0.25, 0.3) is 11.3 Å². The van der Waals surface area contributed by atoms with E-state index in [1.165, 1.54) is 18.2 Å². The Kier molecular flexibility index (Phi) is 5.54. The Hall–Kier alpha value is -3.15. The molecule has 1 aliphatic rings. The zero-order chi connectivity index (χ0) is 18.6. The van der Waals surface area contributed by atoms with Gasteiger partial charge in [-0.25, -0.2) is 4.39 Å². The van der Waals surface area contributed by atoms with Gasteiger partial charge in [-0.3, -0.25) is 9.59 Å². The number of ether oxygens (including phenoxy) is 1. The second-order valence-electron chi connectivity index (χ2n) is 5.46. The van der Waals surface area contributed by atoms with Crippen molar-refractivity contribution in [1.82, 2.24) is 0 Å². The number of benzene rings is 2. The summed E-state index contributed by atoms with van der Waals surface area (Å²) >= 11 is 0. The standard InChI is InChI=1S/C17H14FNO2.C2H4O2/c1-10-12-4-2-3-5-14(12)17(21-10)15(9-20)13-7-6-11(18)8-16(13)19;1-2(3)4/h2-10H,19H2,1H3;1H3,(H,3,4)/b17-15-;. The molecular weight excluding hydrogens is 325 g/mol. The summed E-state index contributed by atoms with van der Waals surface area (Å²) in [6.07, 6.45) is 0.570. The van der Waals surface area contributed by atoms with Crippen molar-refractivity contribution in [3.05, 3.63) is 65.0 Å². The van der Waals surface area contributed by atoms with Crippen LogP contribution in [-0.2, 0) is 14.3 Å². The Morgan fingerprint density at radius 2 is 1.92 bits per heavy atom. The van der Waals surface area contributed by atoms with Gasteiger partial charge in [-0.1, -0.05) is 24.3 Å². The molecule has 0 spiro atoms. The van der Waals surface area contributed by atoms with Gasteiger partial charge in [-0.2, -0.15) is 0 Å². The van der Waals surface area contributed by atoms with Crippen molar-refractivity contribution in [3.63, 3.8) is 0 Å². The van der Waals surface area contributed by atoms with Gasteiger partial charge in [0.2, 0.25) is 0 Å². The quantitative estimate of drug-likeness (QED) is 0.493. The first-order valence-corrected chi connectivity index (χ1v) is 7.55. The number of anilines is 1. The zero-order valence-electron chi connectivity index (χ0n) is 13.8. The molecule has 3 N–H and O–H groups in total. The first kappa shape index (κ1) is 18.2. The number of hydrogen-bond donors (Lipinski definition) is 2. The van der Waals surface area contributed by atoms with E-state index in [1.807, 2.05) is 31.2 Å². The topological polar surface area (TPSA) is 89.6 Å². The predicted octanol–water partition coefficient (Wildman–Crippen LogP) is 3.66. The highest BCUT2D eigenvalue weighted by molar-refractivity contribution is 6.18. The first-order valence-electron chi connectivity index (χ1n) is 7.55. The second kappa shape index (κ2) is 7.61. The fourth-order valence-electron chi connectivity index (χ4n) is 2.59. The number of hydrogen-bond acceptors (Lipinski definition) is 4. The van der Waals surface area contributed by atoms with Gasteiger partial charge < -0.3 is 15.6 Å². The van der Waals surface area contributed by atoms with Crippen molar-refractivity contribution in [2.45, 2.75) is 20.0 Å².